The first-order valence-corrected chi connectivity index (χ1v) is 4.42. The van der Waals surface area contributed by atoms with Gasteiger partial charge in [-0.3, -0.25) is 4.68 Å². The molecule has 0 atom stereocenters. The van der Waals surface area contributed by atoms with E-state index in [-0.39, 0.29) is 0 Å². The number of rotatable bonds is 3. The van der Waals surface area contributed by atoms with E-state index in [9.17, 15) is 0 Å². The summed E-state index contributed by atoms with van der Waals surface area (Å²) in [5.74, 6) is 0.772. The zero-order valence-corrected chi connectivity index (χ0v) is 7.97. The lowest BCUT2D eigenvalue weighted by atomic mass is 10.3. The van der Waals surface area contributed by atoms with Crippen molar-refractivity contribution in [1.29, 1.82) is 0 Å². The van der Waals surface area contributed by atoms with Crippen molar-refractivity contribution < 1.29 is 4.52 Å². The molecule has 0 bridgehead atoms. The highest BCUT2D eigenvalue weighted by molar-refractivity contribution is 5.06. The average Bonchev–Trinajstić information content (AvgIpc) is 2.76. The topological polar surface area (TPSA) is 69.9 Å². The van der Waals surface area contributed by atoms with Gasteiger partial charge < -0.3 is 10.3 Å². The molecule has 0 unspecified atom stereocenters. The van der Waals surface area contributed by atoms with Crippen molar-refractivity contribution in [3.63, 3.8) is 0 Å². The maximum Gasteiger partial charge on any atom is 0.158 e. The van der Waals surface area contributed by atoms with E-state index in [1.165, 1.54) is 0 Å². The maximum absolute atomic E-state index is 5.42. The Morgan fingerprint density at radius 2 is 2.43 bits per heavy atom. The number of aryl methyl sites for hydroxylation is 1. The van der Waals surface area contributed by atoms with Gasteiger partial charge in [0.15, 0.2) is 5.76 Å². The Bertz CT molecular complexity index is 418. The van der Waals surface area contributed by atoms with E-state index >= 15 is 0 Å². The molecule has 0 aliphatic carbocycles. The quantitative estimate of drug-likeness (QED) is 0.776. The predicted octanol–water partition coefficient (Wildman–Crippen LogP) is 0.687. The van der Waals surface area contributed by atoms with Crippen molar-refractivity contribution in [1.82, 2.24) is 14.9 Å². The Balaban J connectivity index is 2.10. The molecule has 0 amide bonds. The summed E-state index contributed by atoms with van der Waals surface area (Å²) in [6.07, 6.45) is 1.90. The summed E-state index contributed by atoms with van der Waals surface area (Å²) in [7, 11) is 0. The Morgan fingerprint density at radius 3 is 3.00 bits per heavy atom. The summed E-state index contributed by atoms with van der Waals surface area (Å²) in [5.41, 5.74) is 7.17. The second kappa shape index (κ2) is 3.63. The van der Waals surface area contributed by atoms with Gasteiger partial charge in [0, 0.05) is 18.8 Å². The van der Waals surface area contributed by atoms with Crippen LogP contribution in [0, 0.1) is 6.92 Å². The minimum atomic E-state index is 0.404. The Hall–Kier alpha value is -1.62. The first kappa shape index (κ1) is 8.96. The Morgan fingerprint density at radius 1 is 1.57 bits per heavy atom. The summed E-state index contributed by atoms with van der Waals surface area (Å²) in [5, 5.41) is 8.04. The number of nitrogens with zero attached hydrogens (tertiary/aromatic N) is 3. The lowest BCUT2D eigenvalue weighted by Crippen LogP contribution is -1.99. The fourth-order valence-corrected chi connectivity index (χ4v) is 1.24. The molecule has 0 spiro atoms. The third-order valence-electron chi connectivity index (χ3n) is 1.91. The number of nitrogens with two attached hydrogens (primary N) is 1. The minimum absolute atomic E-state index is 0.404. The van der Waals surface area contributed by atoms with Crippen molar-refractivity contribution in [2.75, 3.05) is 0 Å². The van der Waals surface area contributed by atoms with E-state index in [4.69, 9.17) is 10.3 Å². The summed E-state index contributed by atoms with van der Waals surface area (Å²) in [6.45, 7) is 2.95. The monoisotopic (exact) mass is 192 g/mol. The van der Waals surface area contributed by atoms with Gasteiger partial charge in [0.2, 0.25) is 0 Å². The third-order valence-corrected chi connectivity index (χ3v) is 1.91. The molecule has 0 saturated heterocycles. The third kappa shape index (κ3) is 1.82. The molecule has 2 heterocycles. The van der Waals surface area contributed by atoms with Crippen LogP contribution in [0.15, 0.2) is 22.9 Å². The van der Waals surface area contributed by atoms with Crippen LogP contribution in [0.1, 0.15) is 17.1 Å². The van der Waals surface area contributed by atoms with Crippen LogP contribution in [0.2, 0.25) is 0 Å². The van der Waals surface area contributed by atoms with Crippen molar-refractivity contribution in [3.05, 3.63) is 35.5 Å². The summed E-state index contributed by atoms with van der Waals surface area (Å²) < 4.78 is 6.88. The van der Waals surface area contributed by atoms with Crippen LogP contribution >= 0.6 is 0 Å². The van der Waals surface area contributed by atoms with Crippen molar-refractivity contribution in [3.8, 4) is 0 Å². The smallest absolute Gasteiger partial charge is 0.158 e. The average molecular weight is 192 g/mol. The zero-order valence-electron chi connectivity index (χ0n) is 7.97. The lowest BCUT2D eigenvalue weighted by Gasteiger charge is -1.94. The van der Waals surface area contributed by atoms with Gasteiger partial charge in [-0.2, -0.15) is 5.10 Å². The summed E-state index contributed by atoms with van der Waals surface area (Å²) in [4.78, 5) is 0. The maximum atomic E-state index is 5.42. The van der Waals surface area contributed by atoms with E-state index in [1.54, 1.807) is 4.68 Å². The van der Waals surface area contributed by atoms with Crippen LogP contribution in [-0.4, -0.2) is 14.9 Å². The molecule has 14 heavy (non-hydrogen) atoms. The molecule has 5 nitrogen and oxygen atoms in total. The summed E-state index contributed by atoms with van der Waals surface area (Å²) in [6, 6.07) is 3.79. The molecule has 2 aromatic rings. The van der Waals surface area contributed by atoms with Crippen molar-refractivity contribution >= 4 is 0 Å². The highest BCUT2D eigenvalue weighted by Gasteiger charge is 2.03. The molecule has 0 aromatic carbocycles. The minimum Gasteiger partial charge on any atom is -0.359 e. The predicted molar refractivity (Wildman–Crippen MR) is 50.5 cm³/mol. The molecule has 0 fully saturated rings. The van der Waals surface area contributed by atoms with E-state index < -0.39 is 0 Å². The molecular formula is C9H12N4O. The molecular weight excluding hydrogens is 180 g/mol. The molecule has 5 heteroatoms. The summed E-state index contributed by atoms with van der Waals surface area (Å²) >= 11 is 0. The van der Waals surface area contributed by atoms with Gasteiger partial charge in [0.25, 0.3) is 0 Å². The molecule has 74 valence electrons. The molecule has 0 radical (unpaired) electrons. The first-order valence-electron chi connectivity index (χ1n) is 4.42. The zero-order chi connectivity index (χ0) is 9.97. The fourth-order valence-electron chi connectivity index (χ4n) is 1.24. The van der Waals surface area contributed by atoms with Gasteiger partial charge in [0.05, 0.1) is 11.4 Å². The van der Waals surface area contributed by atoms with Gasteiger partial charge >= 0.3 is 0 Å². The number of hydrogen-bond acceptors (Lipinski definition) is 4. The van der Waals surface area contributed by atoms with Crippen molar-refractivity contribution in [2.24, 2.45) is 5.73 Å². The standard InChI is InChI=1S/C9H12N4O/c1-7-2-3-13(11-7)6-9-4-8(5-10)12-14-9/h2-4H,5-6,10H2,1H3. The molecule has 2 N–H and O–H groups in total. The second-order valence-electron chi connectivity index (χ2n) is 3.14. The van der Waals surface area contributed by atoms with Crippen LogP contribution in [0.3, 0.4) is 0 Å². The Kier molecular flexibility index (Phi) is 2.32. The van der Waals surface area contributed by atoms with E-state index in [0.717, 1.165) is 17.1 Å². The van der Waals surface area contributed by atoms with E-state index in [0.29, 0.717) is 13.1 Å². The largest absolute Gasteiger partial charge is 0.359 e. The van der Waals surface area contributed by atoms with Crippen LogP contribution in [0.25, 0.3) is 0 Å². The Labute approximate surface area is 81.5 Å². The van der Waals surface area contributed by atoms with E-state index in [1.807, 2.05) is 25.3 Å². The highest BCUT2D eigenvalue weighted by Crippen LogP contribution is 2.05. The van der Waals surface area contributed by atoms with E-state index in [2.05, 4.69) is 10.3 Å². The second-order valence-corrected chi connectivity index (χ2v) is 3.14. The van der Waals surface area contributed by atoms with Crippen LogP contribution < -0.4 is 5.73 Å². The molecule has 0 saturated carbocycles. The number of hydrogen-bond donors (Lipinski definition) is 1. The highest BCUT2D eigenvalue weighted by atomic mass is 16.5. The van der Waals surface area contributed by atoms with Gasteiger partial charge in [-0.15, -0.1) is 0 Å². The van der Waals surface area contributed by atoms with Crippen LogP contribution in [0.5, 0.6) is 0 Å². The molecule has 2 aromatic heterocycles. The molecule has 0 aliphatic heterocycles. The SMILES string of the molecule is Cc1ccn(Cc2cc(CN)no2)n1. The normalized spacial score (nSPS) is 10.7. The molecule has 0 aliphatic rings. The van der Waals surface area contributed by atoms with Crippen LogP contribution in [0.4, 0.5) is 0 Å². The first-order chi connectivity index (χ1) is 6.78. The van der Waals surface area contributed by atoms with Gasteiger partial charge in [-0.1, -0.05) is 5.16 Å². The lowest BCUT2D eigenvalue weighted by molar-refractivity contribution is 0.366. The van der Waals surface area contributed by atoms with Gasteiger partial charge in [0.1, 0.15) is 6.54 Å². The fraction of sp³-hybridized carbons (Fsp3) is 0.333. The number of aromatic nitrogens is 3. The van der Waals surface area contributed by atoms with Crippen molar-refractivity contribution in [2.45, 2.75) is 20.0 Å². The van der Waals surface area contributed by atoms with Gasteiger partial charge in [-0.05, 0) is 13.0 Å². The van der Waals surface area contributed by atoms with Gasteiger partial charge in [-0.25, -0.2) is 0 Å². The molecule has 2 rings (SSSR count). The van der Waals surface area contributed by atoms with Crippen LogP contribution in [-0.2, 0) is 13.1 Å².